The summed E-state index contributed by atoms with van der Waals surface area (Å²) in [6, 6.07) is 3.54. The molecule has 1 aromatic heterocycles. The van der Waals surface area contributed by atoms with Gasteiger partial charge in [0.25, 0.3) is 0 Å². The van der Waals surface area contributed by atoms with Crippen molar-refractivity contribution >= 4 is 22.9 Å². The van der Waals surface area contributed by atoms with Gasteiger partial charge in [0.05, 0.1) is 11.2 Å². The highest BCUT2D eigenvalue weighted by molar-refractivity contribution is 5.84. The number of fused-ring (bicyclic) bond motifs is 1. The lowest BCUT2D eigenvalue weighted by molar-refractivity contribution is -0.107. The molecule has 1 aliphatic heterocycles. The SMILES string of the molecule is CCN1CCN(c2cc3c(cc2F)c(=O)c(CC=O)cn3C2CC2)CC1. The second kappa shape index (κ2) is 6.83. The second-order valence-electron chi connectivity index (χ2n) is 7.23. The molecule has 1 aliphatic carbocycles. The first-order valence-corrected chi connectivity index (χ1v) is 9.40. The van der Waals surface area contributed by atoms with Crippen LogP contribution in [0.15, 0.2) is 23.1 Å². The van der Waals surface area contributed by atoms with E-state index in [1.165, 1.54) is 6.07 Å². The first kappa shape index (κ1) is 17.2. The van der Waals surface area contributed by atoms with Crippen LogP contribution in [-0.4, -0.2) is 48.5 Å². The van der Waals surface area contributed by atoms with E-state index in [-0.39, 0.29) is 17.7 Å². The van der Waals surface area contributed by atoms with Crippen LogP contribution < -0.4 is 10.3 Å². The lowest BCUT2D eigenvalue weighted by atomic mass is 10.1. The molecule has 0 radical (unpaired) electrons. The van der Waals surface area contributed by atoms with Crippen LogP contribution in [0, 0.1) is 5.82 Å². The fraction of sp³-hybridized carbons (Fsp3) is 0.500. The highest BCUT2D eigenvalue weighted by atomic mass is 19.1. The number of carbonyl (C=O) groups is 1. The number of hydrogen-bond donors (Lipinski definition) is 0. The van der Waals surface area contributed by atoms with Crippen molar-refractivity contribution in [1.82, 2.24) is 9.47 Å². The third kappa shape index (κ3) is 3.03. The number of rotatable bonds is 5. The van der Waals surface area contributed by atoms with E-state index in [1.807, 2.05) is 6.07 Å². The molecule has 5 nitrogen and oxygen atoms in total. The first-order valence-electron chi connectivity index (χ1n) is 9.40. The summed E-state index contributed by atoms with van der Waals surface area (Å²) in [5, 5.41) is 0.379. The minimum atomic E-state index is -0.356. The molecule has 2 aromatic rings. The third-order valence-electron chi connectivity index (χ3n) is 5.58. The summed E-state index contributed by atoms with van der Waals surface area (Å²) >= 11 is 0. The molecule has 138 valence electrons. The van der Waals surface area contributed by atoms with Crippen LogP contribution in [0.5, 0.6) is 0 Å². The quantitative estimate of drug-likeness (QED) is 0.771. The molecule has 2 heterocycles. The largest absolute Gasteiger partial charge is 0.367 e. The van der Waals surface area contributed by atoms with Gasteiger partial charge in [-0.2, -0.15) is 0 Å². The summed E-state index contributed by atoms with van der Waals surface area (Å²) in [5.74, 6) is -0.356. The minimum Gasteiger partial charge on any atom is -0.367 e. The molecular formula is C20H24FN3O2. The molecule has 2 aliphatic rings. The summed E-state index contributed by atoms with van der Waals surface area (Å²) in [6.07, 6.45) is 4.72. The average Bonchev–Trinajstić information content (AvgIpc) is 3.49. The van der Waals surface area contributed by atoms with Crippen LogP contribution in [0.25, 0.3) is 10.9 Å². The minimum absolute atomic E-state index is 0.0733. The van der Waals surface area contributed by atoms with Gasteiger partial charge in [-0.25, -0.2) is 4.39 Å². The second-order valence-corrected chi connectivity index (χ2v) is 7.23. The Hall–Kier alpha value is -2.21. The van der Waals surface area contributed by atoms with Crippen molar-refractivity contribution in [1.29, 1.82) is 0 Å². The zero-order valence-corrected chi connectivity index (χ0v) is 15.1. The maximum absolute atomic E-state index is 14.9. The number of pyridine rings is 1. The fourth-order valence-electron chi connectivity index (χ4n) is 3.85. The zero-order valence-electron chi connectivity index (χ0n) is 15.1. The van der Waals surface area contributed by atoms with E-state index in [0.29, 0.717) is 22.7 Å². The van der Waals surface area contributed by atoms with Crippen LogP contribution in [0.4, 0.5) is 10.1 Å². The van der Waals surface area contributed by atoms with E-state index in [0.717, 1.165) is 57.4 Å². The van der Waals surface area contributed by atoms with Gasteiger partial charge in [0.15, 0.2) is 5.43 Å². The van der Waals surface area contributed by atoms with Crippen LogP contribution in [0.1, 0.15) is 31.4 Å². The maximum atomic E-state index is 14.9. The molecule has 0 bridgehead atoms. The van der Waals surface area contributed by atoms with E-state index in [4.69, 9.17) is 0 Å². The molecule has 2 fully saturated rings. The van der Waals surface area contributed by atoms with Crippen LogP contribution >= 0.6 is 0 Å². The van der Waals surface area contributed by atoms with E-state index in [2.05, 4.69) is 21.3 Å². The van der Waals surface area contributed by atoms with E-state index in [1.54, 1.807) is 6.20 Å². The third-order valence-corrected chi connectivity index (χ3v) is 5.58. The van der Waals surface area contributed by atoms with Gasteiger partial charge < -0.3 is 19.2 Å². The Morgan fingerprint density at radius 1 is 1.19 bits per heavy atom. The number of aldehydes is 1. The number of benzene rings is 1. The average molecular weight is 357 g/mol. The van der Waals surface area contributed by atoms with Gasteiger partial charge in [-0.05, 0) is 31.5 Å². The molecular weight excluding hydrogens is 333 g/mol. The predicted molar refractivity (Wildman–Crippen MR) is 101 cm³/mol. The monoisotopic (exact) mass is 357 g/mol. The van der Waals surface area contributed by atoms with Crippen molar-refractivity contribution in [2.75, 3.05) is 37.6 Å². The van der Waals surface area contributed by atoms with Crippen molar-refractivity contribution in [3.05, 3.63) is 39.9 Å². The molecule has 0 amide bonds. The van der Waals surface area contributed by atoms with Crippen molar-refractivity contribution in [2.45, 2.75) is 32.2 Å². The van der Waals surface area contributed by atoms with E-state index < -0.39 is 0 Å². The van der Waals surface area contributed by atoms with E-state index >= 15 is 0 Å². The molecule has 1 saturated heterocycles. The lowest BCUT2D eigenvalue weighted by Crippen LogP contribution is -2.46. The molecule has 1 aromatic carbocycles. The fourth-order valence-corrected chi connectivity index (χ4v) is 3.85. The molecule has 1 saturated carbocycles. The molecule has 0 N–H and O–H groups in total. The van der Waals surface area contributed by atoms with Crippen molar-refractivity contribution in [3.8, 4) is 0 Å². The Morgan fingerprint density at radius 3 is 2.54 bits per heavy atom. The van der Waals surface area contributed by atoms with Gasteiger partial charge in [0.2, 0.25) is 0 Å². The Balaban J connectivity index is 1.81. The van der Waals surface area contributed by atoms with Crippen molar-refractivity contribution in [2.24, 2.45) is 0 Å². The number of aromatic nitrogens is 1. The van der Waals surface area contributed by atoms with Crippen LogP contribution in [-0.2, 0) is 11.2 Å². The van der Waals surface area contributed by atoms with Gasteiger partial charge >= 0.3 is 0 Å². The molecule has 0 spiro atoms. The highest BCUT2D eigenvalue weighted by Crippen LogP contribution is 2.38. The summed E-state index contributed by atoms with van der Waals surface area (Å²) in [5.41, 5.74) is 1.57. The normalized spacial score (nSPS) is 18.5. The van der Waals surface area contributed by atoms with Crippen molar-refractivity contribution in [3.63, 3.8) is 0 Å². The standard InChI is InChI=1S/C20H24FN3O2/c1-2-22-6-8-23(9-7-22)19-12-18-16(11-17(19)21)20(26)14(5-10-25)13-24(18)15-3-4-15/h10-13,15H,2-9H2,1H3. The topological polar surface area (TPSA) is 45.6 Å². The molecule has 26 heavy (non-hydrogen) atoms. The molecule has 4 rings (SSSR count). The molecule has 0 atom stereocenters. The Labute approximate surface area is 152 Å². The van der Waals surface area contributed by atoms with E-state index in [9.17, 15) is 14.0 Å². The van der Waals surface area contributed by atoms with Crippen LogP contribution in [0.3, 0.4) is 0 Å². The smallest absolute Gasteiger partial charge is 0.193 e. The van der Waals surface area contributed by atoms with Gasteiger partial charge in [-0.1, -0.05) is 6.92 Å². The lowest BCUT2D eigenvalue weighted by Gasteiger charge is -2.35. The van der Waals surface area contributed by atoms with Gasteiger partial charge in [-0.3, -0.25) is 4.79 Å². The van der Waals surface area contributed by atoms with Gasteiger partial charge in [0.1, 0.15) is 12.1 Å². The Morgan fingerprint density at radius 2 is 1.92 bits per heavy atom. The summed E-state index contributed by atoms with van der Waals surface area (Å²) in [4.78, 5) is 28.0. The van der Waals surface area contributed by atoms with Crippen molar-refractivity contribution < 1.29 is 9.18 Å². The van der Waals surface area contributed by atoms with Gasteiger partial charge in [0, 0.05) is 55.8 Å². The highest BCUT2D eigenvalue weighted by Gasteiger charge is 2.27. The Kier molecular flexibility index (Phi) is 4.53. The number of carbonyl (C=O) groups excluding carboxylic acids is 1. The number of likely N-dealkylation sites (N-methyl/N-ethyl adjacent to an activating group) is 1. The number of anilines is 1. The Bertz CT molecular complexity index is 896. The first-order chi connectivity index (χ1) is 12.6. The maximum Gasteiger partial charge on any atom is 0.193 e. The summed E-state index contributed by atoms with van der Waals surface area (Å²) in [7, 11) is 0. The van der Waals surface area contributed by atoms with Crippen LogP contribution in [0.2, 0.25) is 0 Å². The summed E-state index contributed by atoms with van der Waals surface area (Å²) in [6.45, 7) is 6.55. The van der Waals surface area contributed by atoms with Gasteiger partial charge in [-0.15, -0.1) is 0 Å². The predicted octanol–water partition coefficient (Wildman–Crippen LogP) is 2.36. The number of hydrogen-bond acceptors (Lipinski definition) is 4. The zero-order chi connectivity index (χ0) is 18.3. The molecule has 6 heteroatoms. The number of halogens is 1. The molecule has 0 unspecified atom stereocenters. The number of nitrogens with zero attached hydrogens (tertiary/aromatic N) is 3. The number of piperazine rings is 1. The summed E-state index contributed by atoms with van der Waals surface area (Å²) < 4.78 is 16.9.